The molecule has 0 aliphatic rings. The number of aryl methyl sites for hydroxylation is 1. The van der Waals surface area contributed by atoms with E-state index in [1.54, 1.807) is 23.9 Å². The Morgan fingerprint density at radius 3 is 2.76 bits per heavy atom. The van der Waals surface area contributed by atoms with Crippen LogP contribution in [0, 0.1) is 5.82 Å². The lowest BCUT2D eigenvalue weighted by molar-refractivity contribution is -0.142. The van der Waals surface area contributed by atoms with Gasteiger partial charge in [0.25, 0.3) is 0 Å². The van der Waals surface area contributed by atoms with E-state index in [2.05, 4.69) is 36.3 Å². The molecule has 3 rings (SSSR count). The molecule has 1 unspecified atom stereocenters. The van der Waals surface area contributed by atoms with Crippen molar-refractivity contribution in [2.75, 3.05) is 19.0 Å². The number of esters is 1. The molecule has 0 aliphatic carbocycles. The predicted molar refractivity (Wildman–Crippen MR) is 93.7 cm³/mol. The summed E-state index contributed by atoms with van der Waals surface area (Å²) in [4.78, 5) is 20.6. The fourth-order valence-electron chi connectivity index (χ4n) is 2.55. The number of nitrogens with zero attached hydrogens (tertiary/aromatic N) is 4. The summed E-state index contributed by atoms with van der Waals surface area (Å²) in [6.07, 6.45) is 1.42. The van der Waals surface area contributed by atoms with Crippen LogP contribution in [0.2, 0.25) is 0 Å². The van der Waals surface area contributed by atoms with E-state index >= 15 is 0 Å². The largest absolute Gasteiger partial charge is 0.468 e. The number of anilines is 1. The first-order valence-electron chi connectivity index (χ1n) is 7.41. The van der Waals surface area contributed by atoms with Crippen LogP contribution in [0.1, 0.15) is 11.5 Å². The van der Waals surface area contributed by atoms with Gasteiger partial charge in [-0.1, -0.05) is 12.1 Å². The van der Waals surface area contributed by atoms with Gasteiger partial charge in [0.05, 0.1) is 18.4 Å². The molecule has 1 N–H and O–H groups in total. The second kappa shape index (κ2) is 7.14. The van der Waals surface area contributed by atoms with Gasteiger partial charge in [0.2, 0.25) is 0 Å². The van der Waals surface area contributed by atoms with Crippen molar-refractivity contribution in [3.8, 4) is 0 Å². The van der Waals surface area contributed by atoms with Crippen molar-refractivity contribution in [3.63, 3.8) is 0 Å². The molecule has 2 heterocycles. The third-order valence-electron chi connectivity index (χ3n) is 3.81. The van der Waals surface area contributed by atoms with E-state index in [4.69, 9.17) is 4.74 Å². The molecule has 0 aliphatic heterocycles. The van der Waals surface area contributed by atoms with Crippen LogP contribution in [0.3, 0.4) is 0 Å². The Balaban J connectivity index is 1.89. The standard InChI is InChI=1S/C16H15BrFN5O2/c1-23-15-12(13(17)22-23)14(20-8-21-15)19-7-11(16(24)25-2)9-3-5-10(18)6-4-9/h3-6,8,11H,7H2,1-2H3,(H,19,20,21). The highest BCUT2D eigenvalue weighted by Crippen LogP contribution is 2.27. The summed E-state index contributed by atoms with van der Waals surface area (Å²) in [5.41, 5.74) is 1.30. The lowest BCUT2D eigenvalue weighted by atomic mass is 9.99. The van der Waals surface area contributed by atoms with Crippen LogP contribution >= 0.6 is 15.9 Å². The number of methoxy groups -OCH3 is 1. The normalized spacial score (nSPS) is 12.2. The second-order valence-electron chi connectivity index (χ2n) is 5.34. The zero-order chi connectivity index (χ0) is 18.0. The van der Waals surface area contributed by atoms with Gasteiger partial charge in [-0.3, -0.25) is 4.79 Å². The third-order valence-corrected chi connectivity index (χ3v) is 4.36. The fourth-order valence-corrected chi connectivity index (χ4v) is 3.15. The number of carbonyl (C=O) groups excluding carboxylic acids is 1. The molecule has 0 spiro atoms. The second-order valence-corrected chi connectivity index (χ2v) is 6.09. The SMILES string of the molecule is COC(=O)C(CNc1ncnc2c1c(Br)nn2C)c1ccc(F)cc1. The van der Waals surface area contributed by atoms with E-state index in [-0.39, 0.29) is 12.4 Å². The van der Waals surface area contributed by atoms with Crippen molar-refractivity contribution in [2.45, 2.75) is 5.92 Å². The fraction of sp³-hybridized carbons (Fsp3) is 0.250. The van der Waals surface area contributed by atoms with Gasteiger partial charge in [-0.05, 0) is 33.6 Å². The van der Waals surface area contributed by atoms with Crippen LogP contribution in [-0.2, 0) is 16.6 Å². The molecule has 1 atom stereocenters. The molecule has 0 radical (unpaired) electrons. The van der Waals surface area contributed by atoms with E-state index in [0.29, 0.717) is 27.0 Å². The number of carbonyl (C=O) groups is 1. The Morgan fingerprint density at radius 2 is 2.08 bits per heavy atom. The highest BCUT2D eigenvalue weighted by atomic mass is 79.9. The smallest absolute Gasteiger partial charge is 0.314 e. The number of ether oxygens (including phenoxy) is 1. The monoisotopic (exact) mass is 407 g/mol. The molecule has 2 aromatic heterocycles. The molecule has 3 aromatic rings. The average molecular weight is 408 g/mol. The Bertz CT molecular complexity index is 913. The quantitative estimate of drug-likeness (QED) is 0.654. The van der Waals surface area contributed by atoms with Crippen LogP contribution in [0.4, 0.5) is 10.2 Å². The Hall–Kier alpha value is -2.55. The van der Waals surface area contributed by atoms with E-state index < -0.39 is 11.9 Å². The Kier molecular flexibility index (Phi) is 4.93. The number of fused-ring (bicyclic) bond motifs is 1. The van der Waals surface area contributed by atoms with E-state index in [1.165, 1.54) is 25.6 Å². The zero-order valence-electron chi connectivity index (χ0n) is 13.5. The summed E-state index contributed by atoms with van der Waals surface area (Å²) in [5, 5.41) is 8.11. The number of aromatic nitrogens is 4. The minimum Gasteiger partial charge on any atom is -0.468 e. The predicted octanol–water partition coefficient (Wildman–Crippen LogP) is 2.63. The highest BCUT2D eigenvalue weighted by Gasteiger charge is 2.22. The first kappa shape index (κ1) is 17.3. The number of rotatable bonds is 5. The topological polar surface area (TPSA) is 81.9 Å². The van der Waals surface area contributed by atoms with Crippen molar-refractivity contribution in [1.82, 2.24) is 19.7 Å². The van der Waals surface area contributed by atoms with Gasteiger partial charge in [-0.25, -0.2) is 19.0 Å². The van der Waals surface area contributed by atoms with Crippen molar-refractivity contribution >= 4 is 38.8 Å². The molecule has 0 bridgehead atoms. The minimum absolute atomic E-state index is 0.228. The number of halogens is 2. The van der Waals surface area contributed by atoms with Crippen molar-refractivity contribution in [1.29, 1.82) is 0 Å². The average Bonchev–Trinajstić information content (AvgIpc) is 2.91. The van der Waals surface area contributed by atoms with Gasteiger partial charge in [-0.15, -0.1) is 0 Å². The van der Waals surface area contributed by atoms with Gasteiger partial charge in [-0.2, -0.15) is 5.10 Å². The van der Waals surface area contributed by atoms with E-state index in [1.807, 2.05) is 0 Å². The molecule has 7 nitrogen and oxygen atoms in total. The van der Waals surface area contributed by atoms with Crippen LogP contribution in [-0.4, -0.2) is 39.4 Å². The maximum Gasteiger partial charge on any atom is 0.314 e. The molecular weight excluding hydrogens is 393 g/mol. The number of hydrogen-bond donors (Lipinski definition) is 1. The summed E-state index contributed by atoms with van der Waals surface area (Å²) in [6, 6.07) is 5.75. The number of nitrogens with one attached hydrogen (secondary N) is 1. The molecule has 9 heteroatoms. The first-order valence-corrected chi connectivity index (χ1v) is 8.21. The lowest BCUT2D eigenvalue weighted by Gasteiger charge is -2.16. The van der Waals surface area contributed by atoms with Crippen LogP contribution < -0.4 is 5.32 Å². The molecular formula is C16H15BrFN5O2. The van der Waals surface area contributed by atoms with Crippen LogP contribution in [0.15, 0.2) is 35.2 Å². The molecule has 0 saturated heterocycles. The molecule has 1 aromatic carbocycles. The van der Waals surface area contributed by atoms with Crippen LogP contribution in [0.5, 0.6) is 0 Å². The van der Waals surface area contributed by atoms with E-state index in [9.17, 15) is 9.18 Å². The number of hydrogen-bond acceptors (Lipinski definition) is 6. The maximum atomic E-state index is 13.1. The minimum atomic E-state index is -0.605. The van der Waals surface area contributed by atoms with Crippen molar-refractivity contribution < 1.29 is 13.9 Å². The molecule has 130 valence electrons. The van der Waals surface area contributed by atoms with Gasteiger partial charge in [0, 0.05) is 13.6 Å². The Morgan fingerprint density at radius 1 is 1.36 bits per heavy atom. The first-order chi connectivity index (χ1) is 12.0. The lowest BCUT2D eigenvalue weighted by Crippen LogP contribution is -2.23. The zero-order valence-corrected chi connectivity index (χ0v) is 15.1. The number of benzene rings is 1. The molecule has 25 heavy (non-hydrogen) atoms. The summed E-state index contributed by atoms with van der Waals surface area (Å²) >= 11 is 3.39. The summed E-state index contributed by atoms with van der Waals surface area (Å²) < 4.78 is 20.2. The molecule has 0 saturated carbocycles. The third kappa shape index (κ3) is 3.46. The van der Waals surface area contributed by atoms with E-state index in [0.717, 1.165) is 0 Å². The Labute approximate surface area is 151 Å². The van der Waals surface area contributed by atoms with Crippen LogP contribution in [0.25, 0.3) is 11.0 Å². The summed E-state index contributed by atoms with van der Waals surface area (Å²) in [6.45, 7) is 0.228. The molecule has 0 amide bonds. The highest BCUT2D eigenvalue weighted by molar-refractivity contribution is 9.10. The summed E-state index contributed by atoms with van der Waals surface area (Å²) in [5.74, 6) is -0.848. The molecule has 0 fully saturated rings. The van der Waals surface area contributed by atoms with Crippen molar-refractivity contribution in [3.05, 3.63) is 46.6 Å². The summed E-state index contributed by atoms with van der Waals surface area (Å²) in [7, 11) is 3.10. The van der Waals surface area contributed by atoms with Gasteiger partial charge >= 0.3 is 5.97 Å². The van der Waals surface area contributed by atoms with Gasteiger partial charge < -0.3 is 10.1 Å². The van der Waals surface area contributed by atoms with Gasteiger partial charge in [0.15, 0.2) is 5.65 Å². The van der Waals surface area contributed by atoms with Crippen molar-refractivity contribution in [2.24, 2.45) is 7.05 Å². The maximum absolute atomic E-state index is 13.1. The van der Waals surface area contributed by atoms with Gasteiger partial charge in [0.1, 0.15) is 22.6 Å².